The third-order valence-electron chi connectivity index (χ3n) is 2.64. The van der Waals surface area contributed by atoms with E-state index in [0.717, 1.165) is 23.4 Å². The minimum atomic E-state index is -0.422. The van der Waals surface area contributed by atoms with Gasteiger partial charge in [-0.3, -0.25) is 0 Å². The first kappa shape index (κ1) is 11.1. The highest BCUT2D eigenvalue weighted by Gasteiger charge is 2.17. The van der Waals surface area contributed by atoms with Gasteiger partial charge in [-0.1, -0.05) is 20.3 Å². The molecule has 0 fully saturated rings. The van der Waals surface area contributed by atoms with Crippen molar-refractivity contribution in [2.24, 2.45) is 5.92 Å². The van der Waals surface area contributed by atoms with E-state index in [1.165, 1.54) is 0 Å². The second-order valence-electron chi connectivity index (χ2n) is 3.86. The van der Waals surface area contributed by atoms with Crippen LogP contribution in [0.1, 0.15) is 43.3 Å². The van der Waals surface area contributed by atoms with E-state index in [2.05, 4.69) is 17.1 Å². The van der Waals surface area contributed by atoms with Gasteiger partial charge in [0, 0.05) is 5.56 Å². The Hall–Kier alpha value is -0.960. The lowest BCUT2D eigenvalue weighted by molar-refractivity contribution is 0.114. The summed E-state index contributed by atoms with van der Waals surface area (Å²) in [7, 11) is 0. The minimum absolute atomic E-state index is 0.261. The molecule has 0 amide bonds. The number of aryl methyl sites for hydroxylation is 2. The van der Waals surface area contributed by atoms with Crippen LogP contribution in [-0.2, 0) is 0 Å². The molecule has 2 atom stereocenters. The molecular weight excluding hydrogens is 176 g/mol. The van der Waals surface area contributed by atoms with Gasteiger partial charge in [0.25, 0.3) is 0 Å². The van der Waals surface area contributed by atoms with Gasteiger partial charge in [-0.2, -0.15) is 10.2 Å². The molecule has 3 nitrogen and oxygen atoms in total. The van der Waals surface area contributed by atoms with Crippen LogP contribution in [0, 0.1) is 19.8 Å². The molecule has 1 aromatic heterocycles. The van der Waals surface area contributed by atoms with Crippen molar-refractivity contribution in [2.45, 2.75) is 40.2 Å². The zero-order chi connectivity index (χ0) is 10.7. The third kappa shape index (κ3) is 2.29. The van der Waals surface area contributed by atoms with Crippen molar-refractivity contribution in [3.8, 4) is 0 Å². The minimum Gasteiger partial charge on any atom is -0.388 e. The van der Waals surface area contributed by atoms with Crippen molar-refractivity contribution in [3.63, 3.8) is 0 Å². The lowest BCUT2D eigenvalue weighted by Crippen LogP contribution is -2.11. The average molecular weight is 194 g/mol. The molecule has 0 aliphatic heterocycles. The second kappa shape index (κ2) is 4.51. The van der Waals surface area contributed by atoms with Crippen molar-refractivity contribution in [1.29, 1.82) is 0 Å². The Morgan fingerprint density at radius 2 is 2.00 bits per heavy atom. The van der Waals surface area contributed by atoms with Crippen LogP contribution in [-0.4, -0.2) is 15.3 Å². The summed E-state index contributed by atoms with van der Waals surface area (Å²) in [5, 5.41) is 18.0. The predicted octanol–water partition coefficient (Wildman–Crippen LogP) is 2.17. The molecule has 1 rings (SSSR count). The van der Waals surface area contributed by atoms with Gasteiger partial charge in [-0.05, 0) is 25.8 Å². The Morgan fingerprint density at radius 3 is 2.57 bits per heavy atom. The van der Waals surface area contributed by atoms with Crippen LogP contribution >= 0.6 is 0 Å². The van der Waals surface area contributed by atoms with Crippen molar-refractivity contribution in [3.05, 3.63) is 23.0 Å². The molecule has 0 radical (unpaired) electrons. The highest BCUT2D eigenvalue weighted by atomic mass is 16.3. The van der Waals surface area contributed by atoms with Crippen molar-refractivity contribution >= 4 is 0 Å². The molecule has 0 saturated heterocycles. The zero-order valence-electron chi connectivity index (χ0n) is 9.28. The average Bonchev–Trinajstić information content (AvgIpc) is 2.19. The lowest BCUT2D eigenvalue weighted by Gasteiger charge is -2.18. The van der Waals surface area contributed by atoms with Crippen LogP contribution in [0.5, 0.6) is 0 Å². The zero-order valence-corrected chi connectivity index (χ0v) is 9.28. The van der Waals surface area contributed by atoms with Gasteiger partial charge >= 0.3 is 0 Å². The first-order valence-corrected chi connectivity index (χ1v) is 5.05. The molecule has 0 aliphatic carbocycles. The highest BCUT2D eigenvalue weighted by Crippen LogP contribution is 2.25. The largest absolute Gasteiger partial charge is 0.388 e. The Morgan fingerprint density at radius 1 is 1.36 bits per heavy atom. The van der Waals surface area contributed by atoms with Crippen molar-refractivity contribution in [1.82, 2.24) is 10.2 Å². The SMILES string of the molecule is CCC(C)C(O)c1cc(C)nnc1C. The van der Waals surface area contributed by atoms with Gasteiger partial charge in [0.05, 0.1) is 17.5 Å². The topological polar surface area (TPSA) is 46.0 Å². The normalized spacial score (nSPS) is 15.2. The van der Waals surface area contributed by atoms with E-state index in [4.69, 9.17) is 0 Å². The molecule has 1 N–H and O–H groups in total. The number of hydrogen-bond acceptors (Lipinski definition) is 3. The maximum atomic E-state index is 10.0. The molecule has 0 saturated carbocycles. The molecule has 3 heteroatoms. The number of nitrogens with zero attached hydrogens (tertiary/aromatic N) is 2. The van der Waals surface area contributed by atoms with E-state index in [0.29, 0.717) is 0 Å². The molecule has 2 unspecified atom stereocenters. The van der Waals surface area contributed by atoms with Gasteiger partial charge in [0.2, 0.25) is 0 Å². The van der Waals surface area contributed by atoms with Gasteiger partial charge in [-0.15, -0.1) is 0 Å². The summed E-state index contributed by atoms with van der Waals surface area (Å²) >= 11 is 0. The molecular formula is C11H18N2O. The number of rotatable bonds is 3. The summed E-state index contributed by atoms with van der Waals surface area (Å²) in [6.45, 7) is 7.89. The summed E-state index contributed by atoms with van der Waals surface area (Å²) in [4.78, 5) is 0. The van der Waals surface area contributed by atoms with E-state index < -0.39 is 6.10 Å². The molecule has 1 aromatic rings. The molecule has 0 bridgehead atoms. The van der Waals surface area contributed by atoms with Crippen LogP contribution in [0.25, 0.3) is 0 Å². The summed E-state index contributed by atoms with van der Waals surface area (Å²) in [5.74, 6) is 0.261. The monoisotopic (exact) mass is 194 g/mol. The van der Waals surface area contributed by atoms with Crippen LogP contribution in [0.2, 0.25) is 0 Å². The smallest absolute Gasteiger partial charge is 0.0834 e. The van der Waals surface area contributed by atoms with E-state index in [-0.39, 0.29) is 5.92 Å². The van der Waals surface area contributed by atoms with Gasteiger partial charge in [-0.25, -0.2) is 0 Å². The summed E-state index contributed by atoms with van der Waals surface area (Å²) in [6.07, 6.45) is 0.538. The predicted molar refractivity (Wildman–Crippen MR) is 55.9 cm³/mol. The van der Waals surface area contributed by atoms with Gasteiger partial charge in [0.15, 0.2) is 0 Å². The maximum absolute atomic E-state index is 10.0. The van der Waals surface area contributed by atoms with Crippen molar-refractivity contribution in [2.75, 3.05) is 0 Å². The standard InChI is InChI=1S/C11H18N2O/c1-5-7(2)11(14)10-6-8(3)12-13-9(10)4/h6-7,11,14H,5H2,1-4H3. The van der Waals surface area contributed by atoms with Crippen LogP contribution < -0.4 is 0 Å². The van der Waals surface area contributed by atoms with Crippen LogP contribution in [0.4, 0.5) is 0 Å². The second-order valence-corrected chi connectivity index (χ2v) is 3.86. The molecule has 78 valence electrons. The Balaban J connectivity index is 2.99. The Kier molecular flexibility index (Phi) is 3.58. The van der Waals surface area contributed by atoms with Gasteiger partial charge < -0.3 is 5.11 Å². The fourth-order valence-electron chi connectivity index (χ4n) is 1.40. The first-order chi connectivity index (χ1) is 6.56. The molecule has 14 heavy (non-hydrogen) atoms. The maximum Gasteiger partial charge on any atom is 0.0834 e. The lowest BCUT2D eigenvalue weighted by atomic mass is 9.94. The summed E-state index contributed by atoms with van der Waals surface area (Å²) in [5.41, 5.74) is 2.59. The number of aliphatic hydroxyl groups is 1. The summed E-state index contributed by atoms with van der Waals surface area (Å²) < 4.78 is 0. The molecule has 1 heterocycles. The van der Waals surface area contributed by atoms with E-state index >= 15 is 0 Å². The molecule has 0 aliphatic rings. The number of aliphatic hydroxyl groups excluding tert-OH is 1. The number of hydrogen-bond donors (Lipinski definition) is 1. The molecule has 0 aromatic carbocycles. The first-order valence-electron chi connectivity index (χ1n) is 5.05. The van der Waals surface area contributed by atoms with Crippen LogP contribution in [0.15, 0.2) is 6.07 Å². The summed E-state index contributed by atoms with van der Waals surface area (Å²) in [6, 6.07) is 1.92. The number of aromatic nitrogens is 2. The highest BCUT2D eigenvalue weighted by molar-refractivity contribution is 5.22. The van der Waals surface area contributed by atoms with E-state index in [9.17, 15) is 5.11 Å². The Labute approximate surface area is 85.2 Å². The fourth-order valence-corrected chi connectivity index (χ4v) is 1.40. The van der Waals surface area contributed by atoms with Crippen LogP contribution in [0.3, 0.4) is 0 Å². The van der Waals surface area contributed by atoms with Gasteiger partial charge in [0.1, 0.15) is 0 Å². The van der Waals surface area contributed by atoms with Crippen molar-refractivity contribution < 1.29 is 5.11 Å². The third-order valence-corrected chi connectivity index (χ3v) is 2.64. The Bertz CT molecular complexity index is 312. The van der Waals surface area contributed by atoms with E-state index in [1.54, 1.807) is 0 Å². The fraction of sp³-hybridized carbons (Fsp3) is 0.636. The quantitative estimate of drug-likeness (QED) is 0.802. The molecule has 0 spiro atoms. The van der Waals surface area contributed by atoms with E-state index in [1.807, 2.05) is 26.8 Å².